The maximum atomic E-state index is 12.6. The molecular weight excluding hydrogens is 344 g/mol. The molecular formula is C16H16N4O2S2. The summed E-state index contributed by atoms with van der Waals surface area (Å²) in [6, 6.07) is 1.94. The van der Waals surface area contributed by atoms with E-state index in [1.807, 2.05) is 19.9 Å². The Hall–Kier alpha value is -2.32. The van der Waals surface area contributed by atoms with E-state index < -0.39 is 0 Å². The molecule has 0 aliphatic rings. The van der Waals surface area contributed by atoms with Crippen molar-refractivity contribution in [2.45, 2.75) is 27.7 Å². The summed E-state index contributed by atoms with van der Waals surface area (Å²) in [6.07, 6.45) is 0. The minimum absolute atomic E-state index is 0.0674. The van der Waals surface area contributed by atoms with Crippen LogP contribution in [0.25, 0.3) is 10.2 Å². The molecule has 0 aliphatic carbocycles. The second kappa shape index (κ2) is 5.95. The van der Waals surface area contributed by atoms with Gasteiger partial charge in [-0.3, -0.25) is 14.9 Å². The van der Waals surface area contributed by atoms with Gasteiger partial charge >= 0.3 is 0 Å². The van der Waals surface area contributed by atoms with Crippen LogP contribution >= 0.6 is 22.7 Å². The molecule has 3 heterocycles. The minimum atomic E-state index is -0.337. The van der Waals surface area contributed by atoms with Gasteiger partial charge in [-0.05, 0) is 32.4 Å². The van der Waals surface area contributed by atoms with Gasteiger partial charge in [-0.25, -0.2) is 9.97 Å². The maximum Gasteiger partial charge on any atom is 0.269 e. The van der Waals surface area contributed by atoms with Crippen LogP contribution in [0.1, 0.15) is 43.2 Å². The Labute approximate surface area is 146 Å². The number of fused-ring (bicyclic) bond motifs is 1. The van der Waals surface area contributed by atoms with E-state index >= 15 is 0 Å². The average Bonchev–Trinajstić information content (AvgIpc) is 2.99. The van der Waals surface area contributed by atoms with Crippen LogP contribution in [0.4, 0.5) is 10.8 Å². The number of hydrogen-bond donors (Lipinski definition) is 2. The van der Waals surface area contributed by atoms with E-state index in [0.717, 1.165) is 32.8 Å². The smallest absolute Gasteiger partial charge is 0.269 e. The third-order valence-corrected chi connectivity index (χ3v) is 5.84. The maximum absolute atomic E-state index is 12.6. The molecule has 124 valence electrons. The molecule has 3 aromatic heterocycles. The Morgan fingerprint density at radius 1 is 1.12 bits per heavy atom. The lowest BCUT2D eigenvalue weighted by Gasteiger charge is -2.01. The van der Waals surface area contributed by atoms with E-state index in [9.17, 15) is 9.59 Å². The zero-order valence-corrected chi connectivity index (χ0v) is 15.3. The molecule has 0 unspecified atom stereocenters. The standard InChI is InChI=1S/C16H16N4O2S2/c1-6-5-7(2)18-15-10(6)11(17)13(23-15)14(22)20-16-19-8(3)12(24-16)9(4)21/h5H,17H2,1-4H3,(H,19,20,22). The third kappa shape index (κ3) is 2.78. The number of nitrogens with one attached hydrogen (secondary N) is 1. The molecule has 1 amide bonds. The van der Waals surface area contributed by atoms with Gasteiger partial charge in [0.2, 0.25) is 0 Å². The number of rotatable bonds is 3. The fourth-order valence-electron chi connectivity index (χ4n) is 2.57. The highest BCUT2D eigenvalue weighted by molar-refractivity contribution is 7.21. The fourth-order valence-corrected chi connectivity index (χ4v) is 4.54. The van der Waals surface area contributed by atoms with Crippen molar-refractivity contribution >= 4 is 55.4 Å². The van der Waals surface area contributed by atoms with E-state index in [4.69, 9.17) is 5.73 Å². The van der Waals surface area contributed by atoms with Crippen LogP contribution in [0, 0.1) is 20.8 Å². The first-order valence-electron chi connectivity index (χ1n) is 7.24. The lowest BCUT2D eigenvalue weighted by Crippen LogP contribution is -2.11. The number of aryl methyl sites for hydroxylation is 3. The highest BCUT2D eigenvalue weighted by Crippen LogP contribution is 2.35. The van der Waals surface area contributed by atoms with Gasteiger partial charge in [-0.15, -0.1) is 11.3 Å². The molecule has 0 radical (unpaired) electrons. The van der Waals surface area contributed by atoms with Crippen LogP contribution in [0.15, 0.2) is 6.07 Å². The third-order valence-electron chi connectivity index (χ3n) is 3.57. The molecule has 0 fully saturated rings. The number of pyridine rings is 1. The minimum Gasteiger partial charge on any atom is -0.397 e. The number of amides is 1. The number of hydrogen-bond acceptors (Lipinski definition) is 7. The number of nitrogens with zero attached hydrogens (tertiary/aromatic N) is 2. The van der Waals surface area contributed by atoms with Gasteiger partial charge in [-0.1, -0.05) is 11.3 Å². The summed E-state index contributed by atoms with van der Waals surface area (Å²) in [4.78, 5) is 34.4. The van der Waals surface area contributed by atoms with Crippen molar-refractivity contribution in [3.63, 3.8) is 0 Å². The van der Waals surface area contributed by atoms with Crippen LogP contribution in [0.3, 0.4) is 0 Å². The number of aromatic nitrogens is 2. The molecule has 3 rings (SSSR count). The van der Waals surface area contributed by atoms with E-state index in [1.165, 1.54) is 18.3 Å². The Kier molecular flexibility index (Phi) is 4.10. The number of thiazole rings is 1. The van der Waals surface area contributed by atoms with Crippen molar-refractivity contribution in [2.24, 2.45) is 0 Å². The van der Waals surface area contributed by atoms with E-state index in [0.29, 0.717) is 26.3 Å². The van der Waals surface area contributed by atoms with Crippen molar-refractivity contribution in [1.29, 1.82) is 0 Å². The normalized spacial score (nSPS) is 11.0. The van der Waals surface area contributed by atoms with Crippen molar-refractivity contribution in [2.75, 3.05) is 11.1 Å². The molecule has 0 saturated carbocycles. The van der Waals surface area contributed by atoms with Crippen LogP contribution in [0.2, 0.25) is 0 Å². The van der Waals surface area contributed by atoms with Gasteiger partial charge in [0.05, 0.1) is 16.3 Å². The van der Waals surface area contributed by atoms with E-state index in [-0.39, 0.29) is 11.7 Å². The van der Waals surface area contributed by atoms with Crippen LogP contribution < -0.4 is 11.1 Å². The van der Waals surface area contributed by atoms with E-state index in [1.54, 1.807) is 6.92 Å². The molecule has 0 atom stereocenters. The first-order valence-corrected chi connectivity index (χ1v) is 8.87. The summed E-state index contributed by atoms with van der Waals surface area (Å²) < 4.78 is 0. The van der Waals surface area contributed by atoms with Gasteiger partial charge in [0, 0.05) is 18.0 Å². The summed E-state index contributed by atoms with van der Waals surface area (Å²) in [5, 5.41) is 3.93. The molecule has 0 spiro atoms. The van der Waals surface area contributed by atoms with Crippen molar-refractivity contribution in [3.05, 3.63) is 32.8 Å². The Balaban J connectivity index is 1.97. The van der Waals surface area contributed by atoms with Gasteiger partial charge < -0.3 is 5.73 Å². The van der Waals surface area contributed by atoms with Crippen LogP contribution in [-0.4, -0.2) is 21.7 Å². The fraction of sp³-hybridized carbons (Fsp3) is 0.250. The summed E-state index contributed by atoms with van der Waals surface area (Å²) in [7, 11) is 0. The van der Waals surface area contributed by atoms with Gasteiger partial charge in [-0.2, -0.15) is 0 Å². The van der Waals surface area contributed by atoms with Crippen LogP contribution in [-0.2, 0) is 0 Å². The lowest BCUT2D eigenvalue weighted by atomic mass is 10.1. The molecule has 3 N–H and O–H groups in total. The van der Waals surface area contributed by atoms with E-state index in [2.05, 4.69) is 15.3 Å². The summed E-state index contributed by atoms with van der Waals surface area (Å²) >= 11 is 2.42. The number of nitrogen functional groups attached to an aromatic ring is 1. The lowest BCUT2D eigenvalue weighted by molar-refractivity contribution is 0.101. The topological polar surface area (TPSA) is 98.0 Å². The van der Waals surface area contributed by atoms with Gasteiger partial charge in [0.1, 0.15) is 9.71 Å². The number of thiophene rings is 1. The molecule has 0 aliphatic heterocycles. The summed E-state index contributed by atoms with van der Waals surface area (Å²) in [5.41, 5.74) is 9.08. The molecule has 0 saturated heterocycles. The Bertz CT molecular complexity index is 988. The highest BCUT2D eigenvalue weighted by atomic mass is 32.1. The van der Waals surface area contributed by atoms with Crippen molar-refractivity contribution in [1.82, 2.24) is 9.97 Å². The Morgan fingerprint density at radius 2 is 1.83 bits per heavy atom. The van der Waals surface area contributed by atoms with Gasteiger partial charge in [0.25, 0.3) is 5.91 Å². The highest BCUT2D eigenvalue weighted by Gasteiger charge is 2.21. The Morgan fingerprint density at radius 3 is 2.46 bits per heavy atom. The van der Waals surface area contributed by atoms with Crippen molar-refractivity contribution in [3.8, 4) is 0 Å². The number of carbonyl (C=O) groups is 2. The SMILES string of the molecule is CC(=O)c1sc(NC(=O)c2sc3nc(C)cc(C)c3c2N)nc1C. The summed E-state index contributed by atoms with van der Waals surface area (Å²) in [5.74, 6) is -0.404. The summed E-state index contributed by atoms with van der Waals surface area (Å²) in [6.45, 7) is 7.08. The number of carbonyl (C=O) groups excluding carboxylic acids is 2. The zero-order chi connectivity index (χ0) is 17.6. The largest absolute Gasteiger partial charge is 0.397 e. The van der Waals surface area contributed by atoms with Gasteiger partial charge in [0.15, 0.2) is 10.9 Å². The van der Waals surface area contributed by atoms with Crippen molar-refractivity contribution < 1.29 is 9.59 Å². The number of anilines is 2. The molecule has 0 aromatic carbocycles. The predicted octanol–water partition coefficient (Wildman–Crippen LogP) is 3.72. The number of nitrogens with two attached hydrogens (primary N) is 1. The average molecular weight is 360 g/mol. The molecule has 6 nitrogen and oxygen atoms in total. The second-order valence-electron chi connectivity index (χ2n) is 5.55. The molecule has 24 heavy (non-hydrogen) atoms. The first-order chi connectivity index (χ1) is 11.3. The zero-order valence-electron chi connectivity index (χ0n) is 13.7. The first kappa shape index (κ1) is 16.5. The number of ketones is 1. The molecule has 8 heteroatoms. The monoisotopic (exact) mass is 360 g/mol. The number of Topliss-reactive ketones (excluding diaryl/α,β-unsaturated/α-hetero) is 1. The molecule has 0 bridgehead atoms. The molecule has 3 aromatic rings. The quantitative estimate of drug-likeness (QED) is 0.694. The second-order valence-corrected chi connectivity index (χ2v) is 7.55. The predicted molar refractivity (Wildman–Crippen MR) is 98.3 cm³/mol. The van der Waals surface area contributed by atoms with Crippen LogP contribution in [0.5, 0.6) is 0 Å².